The fourth-order valence-electron chi connectivity index (χ4n) is 3.27. The van der Waals surface area contributed by atoms with Crippen molar-refractivity contribution in [3.8, 4) is 0 Å². The number of aryl methyl sites for hydroxylation is 2. The van der Waals surface area contributed by atoms with Crippen LogP contribution in [-0.2, 0) is 19.6 Å². The second-order valence-corrected chi connectivity index (χ2v) is 10.2. The molecule has 174 valence electrons. The van der Waals surface area contributed by atoms with E-state index in [2.05, 4.69) is 0 Å². The molecular weight excluding hydrogens is 424 g/mol. The Morgan fingerprint density at radius 1 is 1.23 bits per heavy atom. The Morgan fingerprint density at radius 3 is 2.23 bits per heavy atom. The van der Waals surface area contributed by atoms with Gasteiger partial charge in [-0.05, 0) is 71.1 Å². The van der Waals surface area contributed by atoms with Gasteiger partial charge in [-0.15, -0.1) is 0 Å². The van der Waals surface area contributed by atoms with Crippen LogP contribution in [0.1, 0.15) is 60.7 Å². The maximum Gasteiger partial charge on any atom is 0.339 e. The van der Waals surface area contributed by atoms with Crippen molar-refractivity contribution in [1.29, 1.82) is 5.41 Å². The monoisotopic (exact) mass is 456 g/mol. The molecule has 0 spiro atoms. The zero-order valence-electron chi connectivity index (χ0n) is 18.8. The number of carbonyl (C=O) groups excluding carboxylic acids is 1. The number of rotatable bonds is 8. The predicted octanol–water partition coefficient (Wildman–Crippen LogP) is 1.64. The van der Waals surface area contributed by atoms with Gasteiger partial charge in [0.15, 0.2) is 0 Å². The third kappa shape index (κ3) is 6.41. The molecule has 0 saturated heterocycles. The van der Waals surface area contributed by atoms with Crippen LogP contribution in [0.5, 0.6) is 0 Å². The summed E-state index contributed by atoms with van der Waals surface area (Å²) in [4.78, 5) is 23.5. The molecule has 1 rings (SSSR count). The molecule has 0 saturated carbocycles. The zero-order valence-corrected chi connectivity index (χ0v) is 19.6. The second-order valence-electron chi connectivity index (χ2n) is 8.39. The number of nitrogens with two attached hydrogens (primary N) is 2. The van der Waals surface area contributed by atoms with Crippen molar-refractivity contribution < 1.29 is 27.9 Å². The Morgan fingerprint density at radius 2 is 1.77 bits per heavy atom. The first-order chi connectivity index (χ1) is 14.0. The molecule has 0 unspecified atom stereocenters. The van der Waals surface area contributed by atoms with E-state index in [1.54, 1.807) is 40.7 Å². The highest BCUT2D eigenvalue weighted by atomic mass is 32.2. The molecule has 0 fully saturated rings. The Bertz CT molecular complexity index is 982. The molecule has 6 N–H and O–H groups in total. The van der Waals surface area contributed by atoms with E-state index in [1.165, 1.54) is 6.92 Å². The van der Waals surface area contributed by atoms with E-state index in [0.29, 0.717) is 15.4 Å². The largest absolute Gasteiger partial charge is 0.480 e. The Hall–Kier alpha value is -2.66. The van der Waals surface area contributed by atoms with Gasteiger partial charge in [-0.1, -0.05) is 6.07 Å². The molecule has 0 aromatic heterocycles. The van der Waals surface area contributed by atoms with Crippen LogP contribution in [0, 0.1) is 26.2 Å². The van der Waals surface area contributed by atoms with E-state index in [4.69, 9.17) is 26.7 Å². The number of hydrogen-bond donors (Lipinski definition) is 4. The van der Waals surface area contributed by atoms with Gasteiger partial charge in [0.05, 0.1) is 10.5 Å². The minimum Gasteiger partial charge on any atom is -0.480 e. The topological polar surface area (TPSA) is 177 Å². The minimum atomic E-state index is -4.31. The van der Waals surface area contributed by atoms with Crippen molar-refractivity contribution in [2.75, 3.05) is 6.54 Å². The number of guanidine groups is 1. The number of carboxylic acids is 1. The normalized spacial score (nSPS) is 12.9. The first kappa shape index (κ1) is 26.4. The summed E-state index contributed by atoms with van der Waals surface area (Å²) in [6.07, 6.45) is 0.0822. The average molecular weight is 457 g/mol. The van der Waals surface area contributed by atoms with Gasteiger partial charge in [0, 0.05) is 6.54 Å². The third-order valence-corrected chi connectivity index (χ3v) is 6.62. The standard InChI is InChI=1S/C20H32N4O6S/c1-11-10-12(2)16(13(3)15(11)18(27)30-20(4,5)6)31(28,29)24(19(22)23)9-7-8-14(21)17(25)26/h10,14H,7-9,21H2,1-6H3,(H3,22,23)(H,25,26)/t14-/m0/s1. The quantitative estimate of drug-likeness (QED) is 0.259. The summed E-state index contributed by atoms with van der Waals surface area (Å²) >= 11 is 0. The number of aliphatic carboxylic acids is 1. The smallest absolute Gasteiger partial charge is 0.339 e. The van der Waals surface area contributed by atoms with Crippen LogP contribution in [0.3, 0.4) is 0 Å². The van der Waals surface area contributed by atoms with Gasteiger partial charge in [-0.2, -0.15) is 0 Å². The summed E-state index contributed by atoms with van der Waals surface area (Å²) in [5.74, 6) is -2.58. The highest BCUT2D eigenvalue weighted by molar-refractivity contribution is 7.89. The lowest BCUT2D eigenvalue weighted by Gasteiger charge is -2.26. The average Bonchev–Trinajstić information content (AvgIpc) is 2.54. The Labute approximate surface area is 183 Å². The molecule has 31 heavy (non-hydrogen) atoms. The van der Waals surface area contributed by atoms with Crippen LogP contribution in [0.4, 0.5) is 0 Å². The number of benzene rings is 1. The van der Waals surface area contributed by atoms with E-state index in [9.17, 15) is 18.0 Å². The molecule has 0 aliphatic carbocycles. The maximum absolute atomic E-state index is 13.4. The van der Waals surface area contributed by atoms with Gasteiger partial charge >= 0.3 is 11.9 Å². The van der Waals surface area contributed by atoms with E-state index >= 15 is 0 Å². The second kappa shape index (κ2) is 9.65. The SMILES string of the molecule is Cc1cc(C)c(S(=O)(=O)N(CCC[C@H](N)C(=O)O)C(=N)N)c(C)c1C(=O)OC(C)(C)C. The van der Waals surface area contributed by atoms with E-state index in [0.717, 1.165) is 0 Å². The molecule has 1 aromatic carbocycles. The lowest BCUT2D eigenvalue weighted by molar-refractivity contribution is -0.138. The Kier molecular flexibility index (Phi) is 8.21. The van der Waals surface area contributed by atoms with Crippen LogP contribution < -0.4 is 11.5 Å². The van der Waals surface area contributed by atoms with Crippen molar-refractivity contribution in [1.82, 2.24) is 4.31 Å². The molecule has 0 aliphatic heterocycles. The van der Waals surface area contributed by atoms with Crippen LogP contribution in [0.2, 0.25) is 0 Å². The number of carbonyl (C=O) groups is 2. The van der Waals surface area contributed by atoms with E-state index in [-0.39, 0.29) is 35.4 Å². The third-order valence-electron chi connectivity index (χ3n) is 4.51. The minimum absolute atomic E-state index is 0.00363. The van der Waals surface area contributed by atoms with Crippen molar-refractivity contribution in [3.05, 3.63) is 28.3 Å². The highest BCUT2D eigenvalue weighted by Crippen LogP contribution is 2.30. The molecule has 0 heterocycles. The van der Waals surface area contributed by atoms with Gasteiger partial charge in [-0.25, -0.2) is 17.5 Å². The van der Waals surface area contributed by atoms with Gasteiger partial charge in [0.2, 0.25) is 5.96 Å². The molecule has 1 atom stereocenters. The first-order valence-electron chi connectivity index (χ1n) is 9.70. The lowest BCUT2D eigenvalue weighted by Crippen LogP contribution is -2.43. The van der Waals surface area contributed by atoms with Gasteiger partial charge in [-0.3, -0.25) is 10.2 Å². The van der Waals surface area contributed by atoms with Gasteiger partial charge in [0.1, 0.15) is 11.6 Å². The zero-order chi connectivity index (χ0) is 24.3. The van der Waals surface area contributed by atoms with Crippen molar-refractivity contribution in [3.63, 3.8) is 0 Å². The molecule has 0 aliphatic rings. The van der Waals surface area contributed by atoms with E-state index in [1.807, 2.05) is 0 Å². The maximum atomic E-state index is 13.4. The molecule has 0 radical (unpaired) electrons. The lowest BCUT2D eigenvalue weighted by atomic mass is 9.99. The number of carboxylic acid groups (broad SMARTS) is 1. The van der Waals surface area contributed by atoms with E-state index < -0.39 is 39.6 Å². The van der Waals surface area contributed by atoms with Crippen molar-refractivity contribution >= 4 is 27.9 Å². The summed E-state index contributed by atoms with van der Waals surface area (Å²) in [7, 11) is -4.31. The van der Waals surface area contributed by atoms with Crippen molar-refractivity contribution in [2.45, 2.75) is 70.9 Å². The number of hydrogen-bond acceptors (Lipinski definition) is 7. The van der Waals surface area contributed by atoms with Crippen LogP contribution >= 0.6 is 0 Å². The molecule has 0 amide bonds. The highest BCUT2D eigenvalue weighted by Gasteiger charge is 2.33. The molecule has 11 heteroatoms. The van der Waals surface area contributed by atoms with Gasteiger partial charge < -0.3 is 21.3 Å². The number of nitrogens with one attached hydrogen (secondary N) is 1. The van der Waals surface area contributed by atoms with Crippen LogP contribution in [0.25, 0.3) is 0 Å². The summed E-state index contributed by atoms with van der Waals surface area (Å²) in [6.45, 7) is 9.68. The summed E-state index contributed by atoms with van der Waals surface area (Å²) in [6, 6.07) is 0.413. The van der Waals surface area contributed by atoms with Crippen molar-refractivity contribution in [2.24, 2.45) is 11.5 Å². The molecule has 0 bridgehead atoms. The predicted molar refractivity (Wildman–Crippen MR) is 116 cm³/mol. The van der Waals surface area contributed by atoms with Gasteiger partial charge in [0.25, 0.3) is 10.0 Å². The van der Waals surface area contributed by atoms with Crippen LogP contribution in [0.15, 0.2) is 11.0 Å². The number of nitrogens with zero attached hydrogens (tertiary/aromatic N) is 1. The Balaban J connectivity index is 3.45. The number of sulfonamides is 1. The summed E-state index contributed by atoms with van der Waals surface area (Å²) < 4.78 is 32.9. The first-order valence-corrected chi connectivity index (χ1v) is 11.1. The molecular formula is C20H32N4O6S. The number of esters is 1. The summed E-state index contributed by atoms with van der Waals surface area (Å²) in [5, 5.41) is 16.6. The molecule has 10 nitrogen and oxygen atoms in total. The fraction of sp³-hybridized carbons (Fsp3) is 0.550. The fourth-order valence-corrected chi connectivity index (χ4v) is 5.07. The van der Waals surface area contributed by atoms with Crippen LogP contribution in [-0.4, -0.2) is 53.9 Å². The summed E-state index contributed by atoms with van der Waals surface area (Å²) in [5.41, 5.74) is 11.5. The number of ether oxygens (including phenoxy) is 1. The molecule has 1 aromatic rings.